The second-order valence-electron chi connectivity index (χ2n) is 5.28. The number of aromatic nitrogens is 1. The molecule has 0 aliphatic heterocycles. The minimum absolute atomic E-state index is 0.378. The predicted octanol–water partition coefficient (Wildman–Crippen LogP) is 2.46. The lowest BCUT2D eigenvalue weighted by molar-refractivity contribution is 0.581. The molecule has 0 saturated carbocycles. The summed E-state index contributed by atoms with van der Waals surface area (Å²) in [5.41, 5.74) is 2.46. The van der Waals surface area contributed by atoms with Crippen LogP contribution >= 0.6 is 11.3 Å². The van der Waals surface area contributed by atoms with E-state index in [2.05, 4.69) is 9.71 Å². The Morgan fingerprint density at radius 1 is 1.29 bits per heavy atom. The van der Waals surface area contributed by atoms with Crippen molar-refractivity contribution in [2.24, 2.45) is 0 Å². The number of rotatable bonds is 5. The third-order valence-electron chi connectivity index (χ3n) is 3.71. The number of nitrogens with zero attached hydrogens (tertiary/aromatic N) is 1. The summed E-state index contributed by atoms with van der Waals surface area (Å²) in [5, 5.41) is 1.01. The summed E-state index contributed by atoms with van der Waals surface area (Å²) in [7, 11) is -3.41. The van der Waals surface area contributed by atoms with Gasteiger partial charge in [-0.3, -0.25) is 0 Å². The summed E-state index contributed by atoms with van der Waals surface area (Å²) in [6, 6.07) is 5.48. The van der Waals surface area contributed by atoms with Crippen LogP contribution in [0.15, 0.2) is 29.3 Å². The van der Waals surface area contributed by atoms with E-state index in [1.54, 1.807) is 17.4 Å². The largest absolute Gasteiger partial charge is 0.250 e. The van der Waals surface area contributed by atoms with Crippen molar-refractivity contribution >= 4 is 21.4 Å². The molecule has 6 heteroatoms. The van der Waals surface area contributed by atoms with Gasteiger partial charge in [0.15, 0.2) is 0 Å². The molecule has 0 radical (unpaired) electrons. The van der Waals surface area contributed by atoms with Gasteiger partial charge in [0.1, 0.15) is 0 Å². The van der Waals surface area contributed by atoms with E-state index in [0.29, 0.717) is 17.9 Å². The Balaban J connectivity index is 1.66. The molecular weight excluding hydrogens is 304 g/mol. The van der Waals surface area contributed by atoms with Crippen molar-refractivity contribution in [2.45, 2.75) is 37.5 Å². The SMILES string of the molecule is Cc1ncc(CCNS(=O)(=O)c2ccc3c(c2)CCC3)s1. The second-order valence-corrected chi connectivity index (χ2v) is 8.36. The number of benzene rings is 1. The fraction of sp³-hybridized carbons (Fsp3) is 0.400. The highest BCUT2D eigenvalue weighted by atomic mass is 32.2. The summed E-state index contributed by atoms with van der Waals surface area (Å²) < 4.78 is 27.3. The zero-order chi connectivity index (χ0) is 14.9. The van der Waals surface area contributed by atoms with Gasteiger partial charge < -0.3 is 0 Å². The summed E-state index contributed by atoms with van der Waals surface area (Å²) in [5.74, 6) is 0. The van der Waals surface area contributed by atoms with Crippen molar-refractivity contribution in [1.82, 2.24) is 9.71 Å². The third-order valence-corrected chi connectivity index (χ3v) is 6.14. The van der Waals surface area contributed by atoms with Crippen molar-refractivity contribution in [1.29, 1.82) is 0 Å². The maximum absolute atomic E-state index is 12.3. The van der Waals surface area contributed by atoms with Gasteiger partial charge in [0, 0.05) is 17.6 Å². The lowest BCUT2D eigenvalue weighted by Crippen LogP contribution is -2.26. The van der Waals surface area contributed by atoms with Gasteiger partial charge in [-0.05, 0) is 55.9 Å². The van der Waals surface area contributed by atoms with Crippen LogP contribution in [0.1, 0.15) is 27.4 Å². The molecule has 0 bridgehead atoms. The van der Waals surface area contributed by atoms with E-state index in [0.717, 1.165) is 29.1 Å². The van der Waals surface area contributed by atoms with Crippen LogP contribution in [-0.4, -0.2) is 19.9 Å². The quantitative estimate of drug-likeness (QED) is 0.920. The summed E-state index contributed by atoms with van der Waals surface area (Å²) in [6.45, 7) is 2.35. The van der Waals surface area contributed by atoms with Crippen LogP contribution in [0.25, 0.3) is 0 Å². The first kappa shape index (κ1) is 14.7. The van der Waals surface area contributed by atoms with E-state index in [1.807, 2.05) is 25.3 Å². The molecule has 2 aromatic rings. The van der Waals surface area contributed by atoms with Crippen LogP contribution in [0.5, 0.6) is 0 Å². The Morgan fingerprint density at radius 3 is 2.86 bits per heavy atom. The molecule has 112 valence electrons. The highest BCUT2D eigenvalue weighted by Crippen LogP contribution is 2.24. The number of sulfonamides is 1. The highest BCUT2D eigenvalue weighted by Gasteiger charge is 2.18. The van der Waals surface area contributed by atoms with Crippen molar-refractivity contribution < 1.29 is 8.42 Å². The Bertz CT molecular complexity index is 751. The fourth-order valence-corrected chi connectivity index (χ4v) is 4.50. The molecule has 0 saturated heterocycles. The van der Waals surface area contributed by atoms with E-state index >= 15 is 0 Å². The molecule has 0 spiro atoms. The zero-order valence-electron chi connectivity index (χ0n) is 11.9. The lowest BCUT2D eigenvalue weighted by Gasteiger charge is -2.08. The van der Waals surface area contributed by atoms with Crippen molar-refractivity contribution in [2.75, 3.05) is 6.54 Å². The lowest BCUT2D eigenvalue weighted by atomic mass is 10.1. The molecule has 0 fully saturated rings. The van der Waals surface area contributed by atoms with E-state index < -0.39 is 10.0 Å². The Kier molecular flexibility index (Phi) is 4.10. The highest BCUT2D eigenvalue weighted by molar-refractivity contribution is 7.89. The minimum Gasteiger partial charge on any atom is -0.250 e. The van der Waals surface area contributed by atoms with Gasteiger partial charge in [0.05, 0.1) is 9.90 Å². The smallest absolute Gasteiger partial charge is 0.240 e. The summed E-state index contributed by atoms with van der Waals surface area (Å²) in [4.78, 5) is 5.65. The van der Waals surface area contributed by atoms with Crippen molar-refractivity contribution in [3.05, 3.63) is 45.4 Å². The first-order valence-corrected chi connectivity index (χ1v) is 9.37. The minimum atomic E-state index is -3.41. The molecule has 1 aliphatic carbocycles. The normalized spacial score (nSPS) is 14.3. The number of hydrogen-bond donors (Lipinski definition) is 1. The van der Waals surface area contributed by atoms with E-state index in [-0.39, 0.29) is 0 Å². The molecule has 3 rings (SSSR count). The van der Waals surface area contributed by atoms with Crippen LogP contribution in [0.3, 0.4) is 0 Å². The molecule has 1 aromatic carbocycles. The van der Waals surface area contributed by atoms with Gasteiger partial charge >= 0.3 is 0 Å². The number of hydrogen-bond acceptors (Lipinski definition) is 4. The molecule has 0 atom stereocenters. The zero-order valence-corrected chi connectivity index (χ0v) is 13.6. The van der Waals surface area contributed by atoms with Crippen LogP contribution in [0.4, 0.5) is 0 Å². The summed E-state index contributed by atoms with van der Waals surface area (Å²) >= 11 is 1.60. The molecule has 1 heterocycles. The predicted molar refractivity (Wildman–Crippen MR) is 84.2 cm³/mol. The van der Waals surface area contributed by atoms with Crippen LogP contribution in [0.2, 0.25) is 0 Å². The third kappa shape index (κ3) is 3.33. The number of thiazole rings is 1. The van der Waals surface area contributed by atoms with Crippen molar-refractivity contribution in [3.63, 3.8) is 0 Å². The Hall–Kier alpha value is -1.24. The molecule has 1 N–H and O–H groups in total. The average Bonchev–Trinajstić information content (AvgIpc) is 3.06. The first-order valence-electron chi connectivity index (χ1n) is 7.07. The number of nitrogens with one attached hydrogen (secondary N) is 1. The van der Waals surface area contributed by atoms with E-state index in [1.165, 1.54) is 11.1 Å². The summed E-state index contributed by atoms with van der Waals surface area (Å²) in [6.07, 6.45) is 5.66. The molecule has 21 heavy (non-hydrogen) atoms. The number of fused-ring (bicyclic) bond motifs is 1. The molecule has 1 aromatic heterocycles. The van der Waals surface area contributed by atoms with Gasteiger partial charge in [-0.2, -0.15) is 0 Å². The Labute approximate surface area is 129 Å². The van der Waals surface area contributed by atoms with Gasteiger partial charge in [-0.1, -0.05) is 6.07 Å². The van der Waals surface area contributed by atoms with Gasteiger partial charge in [-0.25, -0.2) is 18.1 Å². The fourth-order valence-electron chi connectivity index (χ4n) is 2.63. The van der Waals surface area contributed by atoms with Gasteiger partial charge in [-0.15, -0.1) is 11.3 Å². The molecule has 4 nitrogen and oxygen atoms in total. The van der Waals surface area contributed by atoms with E-state index in [9.17, 15) is 8.42 Å². The van der Waals surface area contributed by atoms with E-state index in [4.69, 9.17) is 0 Å². The van der Waals surface area contributed by atoms with Crippen LogP contribution in [-0.2, 0) is 29.3 Å². The first-order chi connectivity index (χ1) is 10.0. The topological polar surface area (TPSA) is 59.1 Å². The maximum Gasteiger partial charge on any atom is 0.240 e. The van der Waals surface area contributed by atoms with Gasteiger partial charge in [0.25, 0.3) is 0 Å². The number of aryl methyl sites for hydroxylation is 3. The monoisotopic (exact) mass is 322 g/mol. The standard InChI is InChI=1S/C15H18N2O2S2/c1-11-16-10-14(20-11)7-8-17-21(18,19)15-6-5-12-3-2-4-13(12)9-15/h5-6,9-10,17H,2-4,7-8H2,1H3. The molecule has 0 amide bonds. The van der Waals surface area contributed by atoms with Crippen LogP contribution < -0.4 is 4.72 Å². The average molecular weight is 322 g/mol. The molecular formula is C15H18N2O2S2. The molecule has 1 aliphatic rings. The van der Waals surface area contributed by atoms with Crippen molar-refractivity contribution in [3.8, 4) is 0 Å². The Morgan fingerprint density at radius 2 is 2.10 bits per heavy atom. The maximum atomic E-state index is 12.3. The van der Waals surface area contributed by atoms with Gasteiger partial charge in [0.2, 0.25) is 10.0 Å². The second kappa shape index (κ2) is 5.87. The molecule has 0 unspecified atom stereocenters. The van der Waals surface area contributed by atoms with Crippen LogP contribution in [0, 0.1) is 6.92 Å².